The van der Waals surface area contributed by atoms with E-state index in [9.17, 15) is 5.11 Å². The highest BCUT2D eigenvalue weighted by Gasteiger charge is 2.42. The molecule has 1 saturated heterocycles. The molecule has 2 aliphatic heterocycles. The van der Waals surface area contributed by atoms with Crippen molar-refractivity contribution in [2.45, 2.75) is 37.5 Å². The van der Waals surface area contributed by atoms with E-state index in [-0.39, 0.29) is 5.60 Å². The normalized spacial score (nSPS) is 23.3. The monoisotopic (exact) mass is 309 g/mol. The van der Waals surface area contributed by atoms with E-state index in [1.54, 1.807) is 0 Å². The predicted octanol–water partition coefficient (Wildman–Crippen LogP) is 3.54. The summed E-state index contributed by atoms with van der Waals surface area (Å²) >= 11 is 0. The van der Waals surface area contributed by atoms with Crippen LogP contribution in [0.5, 0.6) is 5.75 Å². The van der Waals surface area contributed by atoms with Crippen LogP contribution in [0.25, 0.3) is 0 Å². The largest absolute Gasteiger partial charge is 0.487 e. The Kier molecular flexibility index (Phi) is 3.83. The van der Waals surface area contributed by atoms with Crippen molar-refractivity contribution in [1.82, 2.24) is 4.90 Å². The summed E-state index contributed by atoms with van der Waals surface area (Å²) in [4.78, 5) is 2.48. The first kappa shape index (κ1) is 14.7. The highest BCUT2D eigenvalue weighted by atomic mass is 16.5. The minimum absolute atomic E-state index is 0.193. The highest BCUT2D eigenvalue weighted by molar-refractivity contribution is 5.38. The Morgan fingerprint density at radius 1 is 1.00 bits per heavy atom. The van der Waals surface area contributed by atoms with Gasteiger partial charge in [-0.2, -0.15) is 0 Å². The van der Waals surface area contributed by atoms with E-state index >= 15 is 0 Å². The maximum atomic E-state index is 10.5. The number of nitrogens with zero attached hydrogens (tertiary/aromatic N) is 1. The van der Waals surface area contributed by atoms with E-state index in [0.717, 1.165) is 43.8 Å². The zero-order valence-electron chi connectivity index (χ0n) is 13.3. The molecule has 0 aliphatic carbocycles. The summed E-state index contributed by atoms with van der Waals surface area (Å²) in [6, 6.07) is 18.5. The number of para-hydroxylation sites is 1. The Hall–Kier alpha value is -1.84. The second kappa shape index (κ2) is 5.99. The fraction of sp³-hybridized carbons (Fsp3) is 0.400. The van der Waals surface area contributed by atoms with Crippen molar-refractivity contribution in [3.63, 3.8) is 0 Å². The van der Waals surface area contributed by atoms with Crippen LogP contribution in [0.15, 0.2) is 54.6 Å². The van der Waals surface area contributed by atoms with E-state index in [2.05, 4.69) is 35.2 Å². The van der Waals surface area contributed by atoms with Gasteiger partial charge in [0.25, 0.3) is 0 Å². The molecular formula is C20H23NO2. The number of likely N-dealkylation sites (tertiary alicyclic amines) is 1. The SMILES string of the molecule is O[C@H]1CC2(CCN(Cc3ccccc3)CC2)Oc2ccccc21. The Balaban J connectivity index is 1.43. The molecule has 0 bridgehead atoms. The molecule has 4 rings (SSSR count). The minimum atomic E-state index is -0.402. The summed E-state index contributed by atoms with van der Waals surface area (Å²) < 4.78 is 6.34. The van der Waals surface area contributed by atoms with Gasteiger partial charge in [-0.15, -0.1) is 0 Å². The molecule has 0 radical (unpaired) electrons. The molecule has 2 aliphatic rings. The van der Waals surface area contributed by atoms with Gasteiger partial charge in [0.2, 0.25) is 0 Å². The van der Waals surface area contributed by atoms with Crippen LogP contribution in [-0.4, -0.2) is 28.7 Å². The van der Waals surface area contributed by atoms with Gasteiger partial charge in [0.1, 0.15) is 11.4 Å². The van der Waals surface area contributed by atoms with Crippen LogP contribution < -0.4 is 4.74 Å². The molecule has 3 nitrogen and oxygen atoms in total. The first-order valence-corrected chi connectivity index (χ1v) is 8.46. The van der Waals surface area contributed by atoms with Crippen molar-refractivity contribution in [2.24, 2.45) is 0 Å². The van der Waals surface area contributed by atoms with E-state index < -0.39 is 6.10 Å². The Morgan fingerprint density at radius 2 is 1.70 bits per heavy atom. The molecule has 1 fully saturated rings. The minimum Gasteiger partial charge on any atom is -0.487 e. The third-order valence-corrected chi connectivity index (χ3v) is 5.19. The third kappa shape index (κ3) is 2.99. The molecule has 1 atom stereocenters. The van der Waals surface area contributed by atoms with Crippen LogP contribution in [0, 0.1) is 0 Å². The van der Waals surface area contributed by atoms with Gasteiger partial charge in [-0.1, -0.05) is 48.5 Å². The van der Waals surface area contributed by atoms with Crippen molar-refractivity contribution in [3.05, 3.63) is 65.7 Å². The Labute approximate surface area is 137 Å². The lowest BCUT2D eigenvalue weighted by Crippen LogP contribution is -2.50. The number of rotatable bonds is 2. The standard InChI is InChI=1S/C20H23NO2/c22-18-14-20(23-19-9-5-4-8-17(18)19)10-12-21(13-11-20)15-16-6-2-1-3-7-16/h1-9,18,22H,10-15H2/t18-/m0/s1. The maximum absolute atomic E-state index is 10.5. The lowest BCUT2D eigenvalue weighted by molar-refractivity contribution is -0.0551. The van der Waals surface area contributed by atoms with Gasteiger partial charge >= 0.3 is 0 Å². The van der Waals surface area contributed by atoms with Crippen molar-refractivity contribution in [1.29, 1.82) is 0 Å². The lowest BCUT2D eigenvalue weighted by Gasteiger charge is -2.46. The average Bonchev–Trinajstić information content (AvgIpc) is 2.58. The van der Waals surface area contributed by atoms with Crippen LogP contribution in [0.1, 0.15) is 36.5 Å². The quantitative estimate of drug-likeness (QED) is 0.921. The van der Waals surface area contributed by atoms with Gasteiger partial charge in [-0.25, -0.2) is 0 Å². The Bertz CT molecular complexity index is 662. The lowest BCUT2D eigenvalue weighted by atomic mass is 9.81. The van der Waals surface area contributed by atoms with Crippen LogP contribution in [0.4, 0.5) is 0 Å². The summed E-state index contributed by atoms with van der Waals surface area (Å²) in [5.74, 6) is 0.864. The van der Waals surface area contributed by atoms with E-state index in [0.29, 0.717) is 6.42 Å². The number of fused-ring (bicyclic) bond motifs is 1. The van der Waals surface area contributed by atoms with Crippen molar-refractivity contribution in [2.75, 3.05) is 13.1 Å². The zero-order chi connectivity index (χ0) is 15.7. The topological polar surface area (TPSA) is 32.7 Å². The number of benzene rings is 2. The summed E-state index contributed by atoms with van der Waals surface area (Å²) in [5.41, 5.74) is 2.10. The second-order valence-corrected chi connectivity index (χ2v) is 6.80. The van der Waals surface area contributed by atoms with Crippen LogP contribution in [0.2, 0.25) is 0 Å². The number of piperidine rings is 1. The van der Waals surface area contributed by atoms with Gasteiger partial charge in [0, 0.05) is 31.6 Å². The van der Waals surface area contributed by atoms with Gasteiger partial charge in [-0.3, -0.25) is 4.90 Å². The summed E-state index contributed by atoms with van der Waals surface area (Å²) in [6.45, 7) is 3.03. The predicted molar refractivity (Wildman–Crippen MR) is 90.3 cm³/mol. The van der Waals surface area contributed by atoms with Crippen molar-refractivity contribution in [3.8, 4) is 5.75 Å². The molecule has 0 amide bonds. The second-order valence-electron chi connectivity index (χ2n) is 6.80. The number of ether oxygens (including phenoxy) is 1. The van der Waals surface area contributed by atoms with Gasteiger partial charge < -0.3 is 9.84 Å². The van der Waals surface area contributed by atoms with Crippen molar-refractivity contribution >= 4 is 0 Å². The molecule has 2 aromatic rings. The molecule has 2 heterocycles. The molecule has 23 heavy (non-hydrogen) atoms. The van der Waals surface area contributed by atoms with Gasteiger partial charge in [0.05, 0.1) is 6.10 Å². The van der Waals surface area contributed by atoms with Crippen LogP contribution in [0.3, 0.4) is 0 Å². The maximum Gasteiger partial charge on any atom is 0.125 e. The molecule has 2 aromatic carbocycles. The first-order chi connectivity index (χ1) is 11.2. The van der Waals surface area contributed by atoms with Crippen LogP contribution >= 0.6 is 0 Å². The van der Waals surface area contributed by atoms with E-state index in [1.165, 1.54) is 5.56 Å². The van der Waals surface area contributed by atoms with Crippen molar-refractivity contribution < 1.29 is 9.84 Å². The van der Waals surface area contributed by atoms with E-state index in [1.807, 2.05) is 24.3 Å². The molecule has 0 saturated carbocycles. The summed E-state index contributed by atoms with van der Waals surface area (Å²) in [6.07, 6.45) is 2.26. The number of aliphatic hydroxyl groups excluding tert-OH is 1. The zero-order valence-corrected chi connectivity index (χ0v) is 13.3. The molecule has 0 unspecified atom stereocenters. The smallest absolute Gasteiger partial charge is 0.125 e. The average molecular weight is 309 g/mol. The van der Waals surface area contributed by atoms with Crippen LogP contribution in [-0.2, 0) is 6.54 Å². The number of hydrogen-bond donors (Lipinski definition) is 1. The first-order valence-electron chi connectivity index (χ1n) is 8.46. The molecule has 1 spiro atoms. The molecule has 1 N–H and O–H groups in total. The van der Waals surface area contributed by atoms with E-state index in [4.69, 9.17) is 4.74 Å². The molecule has 3 heteroatoms. The number of hydrogen-bond acceptors (Lipinski definition) is 3. The molecule has 0 aromatic heterocycles. The fourth-order valence-corrected chi connectivity index (χ4v) is 3.85. The summed E-state index contributed by atoms with van der Waals surface area (Å²) in [7, 11) is 0. The Morgan fingerprint density at radius 3 is 2.48 bits per heavy atom. The number of aliphatic hydroxyl groups is 1. The van der Waals surface area contributed by atoms with Gasteiger partial charge in [-0.05, 0) is 24.5 Å². The molecular weight excluding hydrogens is 286 g/mol. The highest BCUT2D eigenvalue weighted by Crippen LogP contribution is 2.44. The van der Waals surface area contributed by atoms with Gasteiger partial charge in [0.15, 0.2) is 0 Å². The third-order valence-electron chi connectivity index (χ3n) is 5.19. The molecule has 120 valence electrons. The fourth-order valence-electron chi connectivity index (χ4n) is 3.85. The summed E-state index contributed by atoms with van der Waals surface area (Å²) in [5, 5.41) is 10.5.